The maximum Gasteiger partial charge on any atom is 0.357 e. The molecule has 0 aromatic carbocycles. The summed E-state index contributed by atoms with van der Waals surface area (Å²) in [5.74, 6) is 0.154. The Balaban J connectivity index is 2.15. The van der Waals surface area contributed by atoms with Crippen molar-refractivity contribution in [2.75, 3.05) is 6.61 Å². The SMILES string of the molecule is CCOC(=O)c1ccnc(Cc2cccnc2)n1. The van der Waals surface area contributed by atoms with Crippen LogP contribution in [0.4, 0.5) is 0 Å². The summed E-state index contributed by atoms with van der Waals surface area (Å²) in [7, 11) is 0. The number of ether oxygens (including phenoxy) is 1. The topological polar surface area (TPSA) is 65.0 Å². The average Bonchev–Trinajstić information content (AvgIpc) is 2.40. The molecule has 0 atom stereocenters. The number of esters is 1. The fourth-order valence-electron chi connectivity index (χ4n) is 1.49. The first-order valence-corrected chi connectivity index (χ1v) is 5.67. The van der Waals surface area contributed by atoms with Crippen LogP contribution in [0.15, 0.2) is 36.8 Å². The van der Waals surface area contributed by atoms with Crippen molar-refractivity contribution in [1.82, 2.24) is 15.0 Å². The molecule has 0 spiro atoms. The third-order valence-electron chi connectivity index (χ3n) is 2.28. The monoisotopic (exact) mass is 243 g/mol. The summed E-state index contributed by atoms with van der Waals surface area (Å²) in [5.41, 5.74) is 1.28. The summed E-state index contributed by atoms with van der Waals surface area (Å²) in [5, 5.41) is 0. The molecule has 0 radical (unpaired) electrons. The third kappa shape index (κ3) is 3.10. The van der Waals surface area contributed by atoms with E-state index < -0.39 is 5.97 Å². The minimum absolute atomic E-state index is 0.283. The van der Waals surface area contributed by atoms with E-state index in [1.165, 1.54) is 0 Å². The highest BCUT2D eigenvalue weighted by Gasteiger charge is 2.09. The second kappa shape index (κ2) is 5.86. The van der Waals surface area contributed by atoms with Crippen molar-refractivity contribution in [2.45, 2.75) is 13.3 Å². The lowest BCUT2D eigenvalue weighted by Gasteiger charge is -2.03. The van der Waals surface area contributed by atoms with Gasteiger partial charge in [-0.1, -0.05) is 6.07 Å². The van der Waals surface area contributed by atoms with Gasteiger partial charge in [-0.3, -0.25) is 4.98 Å². The van der Waals surface area contributed by atoms with Crippen LogP contribution in [0.2, 0.25) is 0 Å². The van der Waals surface area contributed by atoms with E-state index in [0.29, 0.717) is 18.9 Å². The molecule has 0 bridgehead atoms. The summed E-state index contributed by atoms with van der Waals surface area (Å²) in [6.45, 7) is 2.09. The smallest absolute Gasteiger partial charge is 0.357 e. The molecule has 2 heterocycles. The summed E-state index contributed by atoms with van der Waals surface area (Å²) in [6, 6.07) is 5.34. The van der Waals surface area contributed by atoms with Gasteiger partial charge < -0.3 is 4.74 Å². The number of rotatable bonds is 4. The van der Waals surface area contributed by atoms with E-state index >= 15 is 0 Å². The maximum atomic E-state index is 11.5. The van der Waals surface area contributed by atoms with Crippen molar-refractivity contribution in [1.29, 1.82) is 0 Å². The minimum atomic E-state index is -0.424. The molecule has 0 unspecified atom stereocenters. The van der Waals surface area contributed by atoms with Gasteiger partial charge in [0.25, 0.3) is 0 Å². The minimum Gasteiger partial charge on any atom is -0.461 e. The van der Waals surface area contributed by atoms with Crippen molar-refractivity contribution in [2.24, 2.45) is 0 Å². The molecule has 0 aliphatic rings. The van der Waals surface area contributed by atoms with Crippen molar-refractivity contribution < 1.29 is 9.53 Å². The molecule has 2 rings (SSSR count). The lowest BCUT2D eigenvalue weighted by molar-refractivity contribution is 0.0519. The van der Waals surface area contributed by atoms with Crippen LogP contribution in [0.3, 0.4) is 0 Å². The normalized spacial score (nSPS) is 10.1. The molecule has 0 saturated heterocycles. The molecule has 0 N–H and O–H groups in total. The zero-order valence-corrected chi connectivity index (χ0v) is 10.0. The van der Waals surface area contributed by atoms with Gasteiger partial charge in [0.15, 0.2) is 5.69 Å². The molecule has 2 aromatic heterocycles. The lowest BCUT2D eigenvalue weighted by atomic mass is 10.2. The predicted molar refractivity (Wildman–Crippen MR) is 65.0 cm³/mol. The molecule has 5 nitrogen and oxygen atoms in total. The molecule has 0 aliphatic carbocycles. The number of hydrogen-bond donors (Lipinski definition) is 0. The largest absolute Gasteiger partial charge is 0.461 e. The predicted octanol–water partition coefficient (Wildman–Crippen LogP) is 1.64. The number of carbonyl (C=O) groups is 1. The van der Waals surface area contributed by atoms with Crippen molar-refractivity contribution in [3.8, 4) is 0 Å². The molecule has 92 valence electrons. The summed E-state index contributed by atoms with van der Waals surface area (Å²) >= 11 is 0. The van der Waals surface area contributed by atoms with Gasteiger partial charge in [0.1, 0.15) is 5.82 Å². The van der Waals surface area contributed by atoms with Crippen LogP contribution < -0.4 is 0 Å². The summed E-state index contributed by atoms with van der Waals surface area (Å²) in [4.78, 5) is 23.8. The fraction of sp³-hybridized carbons (Fsp3) is 0.231. The van der Waals surface area contributed by atoms with Crippen molar-refractivity contribution in [3.05, 3.63) is 53.9 Å². The van der Waals surface area contributed by atoms with Crippen LogP contribution in [0.25, 0.3) is 0 Å². The van der Waals surface area contributed by atoms with Crippen LogP contribution in [-0.2, 0) is 11.2 Å². The van der Waals surface area contributed by atoms with Crippen molar-refractivity contribution >= 4 is 5.97 Å². The highest BCUT2D eigenvalue weighted by atomic mass is 16.5. The Kier molecular flexibility index (Phi) is 3.96. The first kappa shape index (κ1) is 12.2. The van der Waals surface area contributed by atoms with E-state index in [2.05, 4.69) is 15.0 Å². The van der Waals surface area contributed by atoms with E-state index in [4.69, 9.17) is 4.74 Å². The van der Waals surface area contributed by atoms with Crippen LogP contribution in [-0.4, -0.2) is 27.5 Å². The highest BCUT2D eigenvalue weighted by Crippen LogP contribution is 2.05. The number of hydrogen-bond acceptors (Lipinski definition) is 5. The Morgan fingerprint density at radius 1 is 1.33 bits per heavy atom. The first-order valence-electron chi connectivity index (χ1n) is 5.67. The van der Waals surface area contributed by atoms with Gasteiger partial charge in [0.2, 0.25) is 0 Å². The van der Waals surface area contributed by atoms with Gasteiger partial charge in [0, 0.05) is 25.0 Å². The number of nitrogens with zero attached hydrogens (tertiary/aromatic N) is 3. The number of aromatic nitrogens is 3. The Morgan fingerprint density at radius 3 is 2.94 bits per heavy atom. The molecular weight excluding hydrogens is 230 g/mol. The molecule has 0 amide bonds. The average molecular weight is 243 g/mol. The van der Waals surface area contributed by atoms with E-state index in [9.17, 15) is 4.79 Å². The van der Waals surface area contributed by atoms with Gasteiger partial charge in [-0.2, -0.15) is 0 Å². The summed E-state index contributed by atoms with van der Waals surface area (Å²) in [6.07, 6.45) is 5.56. The van der Waals surface area contributed by atoms with Gasteiger partial charge in [-0.15, -0.1) is 0 Å². The standard InChI is InChI=1S/C13H13N3O2/c1-2-18-13(17)11-5-7-15-12(16-11)8-10-4-3-6-14-9-10/h3-7,9H,2,8H2,1H3. The maximum absolute atomic E-state index is 11.5. The van der Waals surface area contributed by atoms with Crippen molar-refractivity contribution in [3.63, 3.8) is 0 Å². The Bertz CT molecular complexity index is 529. The van der Waals surface area contributed by atoms with E-state index in [1.54, 1.807) is 31.6 Å². The zero-order chi connectivity index (χ0) is 12.8. The molecule has 2 aromatic rings. The molecule has 0 aliphatic heterocycles. The van der Waals surface area contributed by atoms with Crippen LogP contribution in [0.5, 0.6) is 0 Å². The first-order chi connectivity index (χ1) is 8.79. The lowest BCUT2D eigenvalue weighted by Crippen LogP contribution is -2.09. The van der Waals surface area contributed by atoms with Crippen LogP contribution >= 0.6 is 0 Å². The second-order valence-electron chi connectivity index (χ2n) is 3.62. The van der Waals surface area contributed by atoms with E-state index in [-0.39, 0.29) is 5.69 Å². The fourth-order valence-corrected chi connectivity index (χ4v) is 1.49. The van der Waals surface area contributed by atoms with Crippen LogP contribution in [0, 0.1) is 0 Å². The quantitative estimate of drug-likeness (QED) is 0.764. The zero-order valence-electron chi connectivity index (χ0n) is 10.0. The Labute approximate surface area is 105 Å². The molecule has 18 heavy (non-hydrogen) atoms. The number of carbonyl (C=O) groups excluding carboxylic acids is 1. The second-order valence-corrected chi connectivity index (χ2v) is 3.62. The van der Waals surface area contributed by atoms with E-state index in [1.807, 2.05) is 12.1 Å². The Hall–Kier alpha value is -2.30. The summed E-state index contributed by atoms with van der Waals surface area (Å²) < 4.78 is 4.89. The van der Waals surface area contributed by atoms with E-state index in [0.717, 1.165) is 5.56 Å². The molecule has 5 heteroatoms. The number of pyridine rings is 1. The molecular formula is C13H13N3O2. The van der Waals surface area contributed by atoms with Gasteiger partial charge >= 0.3 is 5.97 Å². The molecule has 0 saturated carbocycles. The highest BCUT2D eigenvalue weighted by molar-refractivity contribution is 5.87. The van der Waals surface area contributed by atoms with Crippen LogP contribution in [0.1, 0.15) is 28.8 Å². The molecule has 0 fully saturated rings. The van der Waals surface area contributed by atoms with Gasteiger partial charge in [-0.05, 0) is 24.6 Å². The Morgan fingerprint density at radius 2 is 2.22 bits per heavy atom. The van der Waals surface area contributed by atoms with Gasteiger partial charge in [-0.25, -0.2) is 14.8 Å². The third-order valence-corrected chi connectivity index (χ3v) is 2.28. The van der Waals surface area contributed by atoms with Gasteiger partial charge in [0.05, 0.1) is 6.61 Å².